The van der Waals surface area contributed by atoms with Gasteiger partial charge in [-0.2, -0.15) is 0 Å². The molecule has 0 saturated carbocycles. The molecule has 0 aromatic rings. The molecule has 0 radical (unpaired) electrons. The highest BCUT2D eigenvalue weighted by Gasteiger charge is 2.01. The predicted octanol–water partition coefficient (Wildman–Crippen LogP) is 1.06. The first-order chi connectivity index (χ1) is 6.24. The molecule has 0 spiro atoms. The Morgan fingerprint density at radius 3 is 2.46 bits per heavy atom. The predicted molar refractivity (Wildman–Crippen MR) is 47.0 cm³/mol. The second-order valence-electron chi connectivity index (χ2n) is 2.40. The molecule has 0 aromatic carbocycles. The molecule has 0 aliphatic heterocycles. The molecule has 0 bridgehead atoms. The zero-order chi connectivity index (χ0) is 10.1. The Morgan fingerprint density at radius 1 is 1.31 bits per heavy atom. The molecule has 0 unspecified atom stereocenters. The van der Waals surface area contributed by atoms with Crippen LogP contribution < -0.4 is 0 Å². The van der Waals surface area contributed by atoms with Gasteiger partial charge in [0.05, 0.1) is 20.3 Å². The summed E-state index contributed by atoms with van der Waals surface area (Å²) in [5.41, 5.74) is 0. The molecule has 0 rings (SSSR count). The van der Waals surface area contributed by atoms with Gasteiger partial charge >= 0.3 is 5.97 Å². The number of hydrogen-bond acceptors (Lipinski definition) is 4. The van der Waals surface area contributed by atoms with Gasteiger partial charge in [0.25, 0.3) is 0 Å². The molecule has 74 valence electrons. The SMILES string of the molecule is COC(=O)/C=C(/CCCC=O)OC. The maximum absolute atomic E-state index is 10.8. The van der Waals surface area contributed by atoms with Crippen molar-refractivity contribution in [2.24, 2.45) is 0 Å². The second kappa shape index (κ2) is 7.34. The summed E-state index contributed by atoms with van der Waals surface area (Å²) in [6.07, 6.45) is 3.85. The van der Waals surface area contributed by atoms with E-state index in [-0.39, 0.29) is 0 Å². The summed E-state index contributed by atoms with van der Waals surface area (Å²) in [5, 5.41) is 0. The molecule has 0 heterocycles. The Kier molecular flexibility index (Phi) is 6.59. The molecule has 4 nitrogen and oxygen atoms in total. The van der Waals surface area contributed by atoms with Crippen molar-refractivity contribution in [2.75, 3.05) is 14.2 Å². The standard InChI is InChI=1S/C9H14O4/c1-12-8(5-3-4-6-10)7-9(11)13-2/h6-7H,3-5H2,1-2H3/b8-7-. The third kappa shape index (κ3) is 5.90. The van der Waals surface area contributed by atoms with Gasteiger partial charge in [-0.05, 0) is 6.42 Å². The average Bonchev–Trinajstić information content (AvgIpc) is 2.16. The zero-order valence-electron chi connectivity index (χ0n) is 7.91. The van der Waals surface area contributed by atoms with Crippen LogP contribution in [0.15, 0.2) is 11.8 Å². The molecule has 0 N–H and O–H groups in total. The summed E-state index contributed by atoms with van der Waals surface area (Å²) < 4.78 is 9.34. The van der Waals surface area contributed by atoms with Crippen LogP contribution in [0.25, 0.3) is 0 Å². The Bertz CT molecular complexity index is 196. The summed E-state index contributed by atoms with van der Waals surface area (Å²) in [5.74, 6) is 0.0941. The summed E-state index contributed by atoms with van der Waals surface area (Å²) in [4.78, 5) is 20.8. The van der Waals surface area contributed by atoms with Crippen LogP contribution in [0.2, 0.25) is 0 Å². The van der Waals surface area contributed by atoms with Crippen molar-refractivity contribution in [2.45, 2.75) is 19.3 Å². The maximum Gasteiger partial charge on any atom is 0.333 e. The highest BCUT2D eigenvalue weighted by Crippen LogP contribution is 2.07. The summed E-state index contributed by atoms with van der Waals surface area (Å²) in [6.45, 7) is 0. The largest absolute Gasteiger partial charge is 0.501 e. The van der Waals surface area contributed by atoms with Crippen LogP contribution in [0.4, 0.5) is 0 Å². The van der Waals surface area contributed by atoms with Crippen LogP contribution in [0.1, 0.15) is 19.3 Å². The lowest BCUT2D eigenvalue weighted by Crippen LogP contribution is -1.98. The number of carbonyl (C=O) groups is 2. The molecule has 0 fully saturated rings. The quantitative estimate of drug-likeness (QED) is 0.204. The fourth-order valence-corrected chi connectivity index (χ4v) is 0.783. The monoisotopic (exact) mass is 186 g/mol. The van der Waals surface area contributed by atoms with E-state index in [4.69, 9.17) is 4.74 Å². The Hall–Kier alpha value is -1.32. The molecule has 0 amide bonds. The van der Waals surface area contributed by atoms with Crippen molar-refractivity contribution in [3.8, 4) is 0 Å². The van der Waals surface area contributed by atoms with Gasteiger partial charge in [0.2, 0.25) is 0 Å². The number of esters is 1. The minimum atomic E-state index is -0.442. The van der Waals surface area contributed by atoms with Crippen LogP contribution in [-0.2, 0) is 19.1 Å². The fourth-order valence-electron chi connectivity index (χ4n) is 0.783. The van der Waals surface area contributed by atoms with Gasteiger partial charge in [-0.15, -0.1) is 0 Å². The lowest BCUT2D eigenvalue weighted by molar-refractivity contribution is -0.135. The highest BCUT2D eigenvalue weighted by molar-refractivity contribution is 5.82. The van der Waals surface area contributed by atoms with Gasteiger partial charge in [0.15, 0.2) is 0 Å². The van der Waals surface area contributed by atoms with E-state index in [2.05, 4.69) is 4.74 Å². The van der Waals surface area contributed by atoms with E-state index < -0.39 is 5.97 Å². The molecular formula is C9H14O4. The number of hydrogen-bond donors (Lipinski definition) is 0. The first-order valence-electron chi connectivity index (χ1n) is 4.00. The van der Waals surface area contributed by atoms with E-state index in [9.17, 15) is 9.59 Å². The van der Waals surface area contributed by atoms with E-state index in [0.29, 0.717) is 25.0 Å². The van der Waals surface area contributed by atoms with Gasteiger partial charge in [0, 0.05) is 12.8 Å². The van der Waals surface area contributed by atoms with E-state index in [0.717, 1.165) is 6.29 Å². The molecule has 0 aromatic heterocycles. The van der Waals surface area contributed by atoms with Gasteiger partial charge in [-0.25, -0.2) is 4.79 Å². The molecule has 0 saturated heterocycles. The van der Waals surface area contributed by atoms with Crippen LogP contribution in [-0.4, -0.2) is 26.5 Å². The van der Waals surface area contributed by atoms with Crippen molar-refractivity contribution in [1.29, 1.82) is 0 Å². The number of ether oxygens (including phenoxy) is 2. The van der Waals surface area contributed by atoms with E-state index in [1.165, 1.54) is 20.3 Å². The van der Waals surface area contributed by atoms with Crippen molar-refractivity contribution >= 4 is 12.3 Å². The topological polar surface area (TPSA) is 52.6 Å². The van der Waals surface area contributed by atoms with E-state index in [1.807, 2.05) is 0 Å². The number of aldehydes is 1. The van der Waals surface area contributed by atoms with E-state index in [1.54, 1.807) is 0 Å². The normalized spacial score (nSPS) is 10.8. The molecule has 0 aliphatic carbocycles. The molecular weight excluding hydrogens is 172 g/mol. The van der Waals surface area contributed by atoms with Gasteiger partial charge in [-0.3, -0.25) is 0 Å². The first-order valence-corrected chi connectivity index (χ1v) is 4.00. The summed E-state index contributed by atoms with van der Waals surface area (Å²) in [7, 11) is 2.78. The van der Waals surface area contributed by atoms with Crippen LogP contribution in [0, 0.1) is 0 Å². The Morgan fingerprint density at radius 2 is 2.00 bits per heavy atom. The first kappa shape index (κ1) is 11.7. The minimum absolute atomic E-state index is 0.442. The second-order valence-corrected chi connectivity index (χ2v) is 2.40. The van der Waals surface area contributed by atoms with Crippen molar-refractivity contribution in [3.05, 3.63) is 11.8 Å². The lowest BCUT2D eigenvalue weighted by atomic mass is 10.2. The maximum atomic E-state index is 10.8. The molecule has 13 heavy (non-hydrogen) atoms. The van der Waals surface area contributed by atoms with Crippen LogP contribution in [0.3, 0.4) is 0 Å². The van der Waals surface area contributed by atoms with Crippen molar-refractivity contribution in [1.82, 2.24) is 0 Å². The highest BCUT2D eigenvalue weighted by atomic mass is 16.5. The Balaban J connectivity index is 3.93. The number of unbranched alkanes of at least 4 members (excludes halogenated alkanes) is 1. The Labute approximate surface area is 77.5 Å². The smallest absolute Gasteiger partial charge is 0.333 e. The molecule has 0 aliphatic rings. The zero-order valence-corrected chi connectivity index (χ0v) is 7.91. The number of carbonyl (C=O) groups excluding carboxylic acids is 2. The third-order valence-electron chi connectivity index (χ3n) is 1.49. The lowest BCUT2D eigenvalue weighted by Gasteiger charge is -2.03. The average molecular weight is 186 g/mol. The van der Waals surface area contributed by atoms with Gasteiger partial charge < -0.3 is 14.3 Å². The third-order valence-corrected chi connectivity index (χ3v) is 1.49. The number of methoxy groups -OCH3 is 2. The van der Waals surface area contributed by atoms with Crippen molar-refractivity contribution in [3.63, 3.8) is 0 Å². The number of rotatable bonds is 6. The van der Waals surface area contributed by atoms with Crippen LogP contribution >= 0.6 is 0 Å². The minimum Gasteiger partial charge on any atom is -0.501 e. The van der Waals surface area contributed by atoms with Gasteiger partial charge in [-0.1, -0.05) is 0 Å². The summed E-state index contributed by atoms with van der Waals surface area (Å²) in [6, 6.07) is 0. The number of allylic oxidation sites excluding steroid dienone is 1. The fraction of sp³-hybridized carbons (Fsp3) is 0.556. The van der Waals surface area contributed by atoms with Crippen molar-refractivity contribution < 1.29 is 19.1 Å². The summed E-state index contributed by atoms with van der Waals surface area (Å²) >= 11 is 0. The molecule has 0 atom stereocenters. The van der Waals surface area contributed by atoms with Crippen LogP contribution in [0.5, 0.6) is 0 Å². The molecule has 4 heteroatoms. The van der Waals surface area contributed by atoms with Gasteiger partial charge in [0.1, 0.15) is 12.0 Å². The van der Waals surface area contributed by atoms with E-state index >= 15 is 0 Å².